The standard InChI is InChI=1S/C10H11N5/c1-7-2-3-8(10(11)12)9(4-7)15-6-13-5-14-15/h2-6H,1H3,(H3,11,12). The Kier molecular flexibility index (Phi) is 2.21. The van der Waals surface area contributed by atoms with E-state index in [0.29, 0.717) is 5.56 Å². The smallest absolute Gasteiger partial charge is 0.138 e. The van der Waals surface area contributed by atoms with Crippen LogP contribution < -0.4 is 5.73 Å². The van der Waals surface area contributed by atoms with Crippen molar-refractivity contribution in [3.05, 3.63) is 42.0 Å². The maximum Gasteiger partial charge on any atom is 0.138 e. The van der Waals surface area contributed by atoms with Crippen LogP contribution in [-0.2, 0) is 0 Å². The van der Waals surface area contributed by atoms with Crippen LogP contribution in [0.5, 0.6) is 0 Å². The van der Waals surface area contributed by atoms with Crippen LogP contribution >= 0.6 is 0 Å². The fourth-order valence-electron chi connectivity index (χ4n) is 1.39. The number of aryl methyl sites for hydroxylation is 1. The highest BCUT2D eigenvalue weighted by Gasteiger charge is 2.07. The summed E-state index contributed by atoms with van der Waals surface area (Å²) < 4.78 is 1.60. The molecule has 1 aromatic carbocycles. The van der Waals surface area contributed by atoms with Crippen molar-refractivity contribution in [2.45, 2.75) is 6.92 Å². The molecule has 1 heterocycles. The highest BCUT2D eigenvalue weighted by Crippen LogP contribution is 2.14. The summed E-state index contributed by atoms with van der Waals surface area (Å²) in [5, 5.41) is 11.5. The first-order chi connectivity index (χ1) is 7.18. The molecule has 0 saturated heterocycles. The van der Waals surface area contributed by atoms with Crippen LogP contribution in [0.3, 0.4) is 0 Å². The molecule has 5 nitrogen and oxygen atoms in total. The summed E-state index contributed by atoms with van der Waals surface area (Å²) >= 11 is 0. The molecule has 0 aliphatic heterocycles. The highest BCUT2D eigenvalue weighted by molar-refractivity contribution is 5.98. The van der Waals surface area contributed by atoms with Crippen molar-refractivity contribution >= 4 is 5.84 Å². The molecule has 0 saturated carbocycles. The van der Waals surface area contributed by atoms with Gasteiger partial charge in [0.1, 0.15) is 18.5 Å². The second-order valence-corrected chi connectivity index (χ2v) is 3.27. The van der Waals surface area contributed by atoms with Crippen molar-refractivity contribution in [3.63, 3.8) is 0 Å². The number of nitrogen functional groups attached to an aromatic ring is 1. The van der Waals surface area contributed by atoms with E-state index in [-0.39, 0.29) is 5.84 Å². The number of nitrogens with zero attached hydrogens (tertiary/aromatic N) is 3. The van der Waals surface area contributed by atoms with Gasteiger partial charge < -0.3 is 5.73 Å². The molecule has 2 rings (SSSR count). The molecule has 76 valence electrons. The van der Waals surface area contributed by atoms with E-state index >= 15 is 0 Å². The zero-order valence-electron chi connectivity index (χ0n) is 8.31. The van der Waals surface area contributed by atoms with Gasteiger partial charge >= 0.3 is 0 Å². The molecule has 0 fully saturated rings. The van der Waals surface area contributed by atoms with Crippen LogP contribution in [0, 0.1) is 12.3 Å². The number of amidine groups is 1. The Morgan fingerprint density at radius 2 is 2.27 bits per heavy atom. The van der Waals surface area contributed by atoms with Crippen LogP contribution in [0.1, 0.15) is 11.1 Å². The van der Waals surface area contributed by atoms with Gasteiger partial charge in [0.15, 0.2) is 0 Å². The topological polar surface area (TPSA) is 80.6 Å². The molecule has 15 heavy (non-hydrogen) atoms. The number of aromatic nitrogens is 3. The number of hydrogen-bond acceptors (Lipinski definition) is 3. The Hall–Kier alpha value is -2.17. The summed E-state index contributed by atoms with van der Waals surface area (Å²) in [6, 6.07) is 5.65. The minimum Gasteiger partial charge on any atom is -0.384 e. The van der Waals surface area contributed by atoms with E-state index in [1.165, 1.54) is 6.33 Å². The summed E-state index contributed by atoms with van der Waals surface area (Å²) in [5.74, 6) is 0.0282. The van der Waals surface area contributed by atoms with Crippen molar-refractivity contribution in [2.75, 3.05) is 0 Å². The van der Waals surface area contributed by atoms with Gasteiger partial charge in [-0.05, 0) is 24.6 Å². The lowest BCUT2D eigenvalue weighted by molar-refractivity contribution is 0.875. The first-order valence-corrected chi connectivity index (χ1v) is 4.48. The molecule has 0 amide bonds. The maximum absolute atomic E-state index is 7.47. The molecule has 3 N–H and O–H groups in total. The van der Waals surface area contributed by atoms with Crippen molar-refractivity contribution in [3.8, 4) is 5.69 Å². The third-order valence-electron chi connectivity index (χ3n) is 2.11. The Labute approximate surface area is 87.1 Å². The molecular weight excluding hydrogens is 190 g/mol. The fourth-order valence-corrected chi connectivity index (χ4v) is 1.39. The molecule has 0 spiro atoms. The summed E-state index contributed by atoms with van der Waals surface area (Å²) in [6.45, 7) is 1.98. The number of benzene rings is 1. The monoisotopic (exact) mass is 201 g/mol. The Morgan fingerprint density at radius 3 is 2.87 bits per heavy atom. The molecular formula is C10H11N5. The first-order valence-electron chi connectivity index (χ1n) is 4.48. The predicted molar refractivity (Wildman–Crippen MR) is 57.1 cm³/mol. The van der Waals surface area contributed by atoms with Crippen LogP contribution in [-0.4, -0.2) is 20.6 Å². The van der Waals surface area contributed by atoms with Crippen LogP contribution in [0.15, 0.2) is 30.9 Å². The number of hydrogen-bond donors (Lipinski definition) is 2. The first kappa shape index (κ1) is 9.39. The minimum atomic E-state index is 0.0282. The van der Waals surface area contributed by atoms with E-state index in [0.717, 1.165) is 11.3 Å². The zero-order valence-corrected chi connectivity index (χ0v) is 8.31. The van der Waals surface area contributed by atoms with E-state index in [9.17, 15) is 0 Å². The largest absolute Gasteiger partial charge is 0.384 e. The van der Waals surface area contributed by atoms with E-state index in [1.54, 1.807) is 11.0 Å². The Balaban J connectivity index is 2.63. The van der Waals surface area contributed by atoms with E-state index in [1.807, 2.05) is 25.1 Å². The van der Waals surface area contributed by atoms with Crippen molar-refractivity contribution in [2.24, 2.45) is 5.73 Å². The van der Waals surface area contributed by atoms with Gasteiger partial charge in [0, 0.05) is 5.56 Å². The second kappa shape index (κ2) is 3.53. The van der Waals surface area contributed by atoms with Gasteiger partial charge in [-0.1, -0.05) is 6.07 Å². The minimum absolute atomic E-state index is 0.0282. The van der Waals surface area contributed by atoms with Crippen LogP contribution in [0.4, 0.5) is 0 Å². The molecule has 0 radical (unpaired) electrons. The van der Waals surface area contributed by atoms with Crippen molar-refractivity contribution < 1.29 is 0 Å². The van der Waals surface area contributed by atoms with Gasteiger partial charge in [0.05, 0.1) is 5.69 Å². The fraction of sp³-hybridized carbons (Fsp3) is 0.100. The molecule has 0 aliphatic carbocycles. The highest BCUT2D eigenvalue weighted by atomic mass is 15.3. The van der Waals surface area contributed by atoms with Gasteiger partial charge in [0.2, 0.25) is 0 Å². The SMILES string of the molecule is Cc1ccc(C(=N)N)c(-n2cncn2)c1. The molecule has 0 unspecified atom stereocenters. The normalized spacial score (nSPS) is 10.2. The second-order valence-electron chi connectivity index (χ2n) is 3.27. The molecule has 0 aliphatic rings. The van der Waals surface area contributed by atoms with E-state index in [2.05, 4.69) is 10.1 Å². The summed E-state index contributed by atoms with van der Waals surface area (Å²) in [6.07, 6.45) is 3.04. The van der Waals surface area contributed by atoms with Gasteiger partial charge in [-0.3, -0.25) is 5.41 Å². The quantitative estimate of drug-likeness (QED) is 0.558. The van der Waals surface area contributed by atoms with Crippen LogP contribution in [0.25, 0.3) is 5.69 Å². The third kappa shape index (κ3) is 1.71. The lowest BCUT2D eigenvalue weighted by Crippen LogP contribution is -2.15. The van der Waals surface area contributed by atoms with Crippen molar-refractivity contribution in [1.82, 2.24) is 14.8 Å². The average Bonchev–Trinajstić information content (AvgIpc) is 2.69. The van der Waals surface area contributed by atoms with Crippen LogP contribution in [0.2, 0.25) is 0 Å². The van der Waals surface area contributed by atoms with Gasteiger partial charge in [0.25, 0.3) is 0 Å². The molecule has 1 aromatic heterocycles. The van der Waals surface area contributed by atoms with Gasteiger partial charge in [-0.2, -0.15) is 5.10 Å². The average molecular weight is 201 g/mol. The summed E-state index contributed by atoms with van der Waals surface area (Å²) in [4.78, 5) is 3.87. The van der Waals surface area contributed by atoms with Crippen molar-refractivity contribution in [1.29, 1.82) is 5.41 Å². The van der Waals surface area contributed by atoms with Gasteiger partial charge in [-0.15, -0.1) is 0 Å². The number of nitrogens with one attached hydrogen (secondary N) is 1. The lowest BCUT2D eigenvalue weighted by Gasteiger charge is -2.08. The zero-order chi connectivity index (χ0) is 10.8. The Morgan fingerprint density at radius 1 is 1.47 bits per heavy atom. The summed E-state index contributed by atoms with van der Waals surface area (Å²) in [5.41, 5.74) is 8.02. The number of nitrogens with two attached hydrogens (primary N) is 1. The molecule has 5 heteroatoms. The summed E-state index contributed by atoms with van der Waals surface area (Å²) in [7, 11) is 0. The Bertz CT molecular complexity index is 487. The third-order valence-corrected chi connectivity index (χ3v) is 2.11. The number of rotatable bonds is 2. The predicted octanol–water partition coefficient (Wildman–Crippen LogP) is 0.860. The van der Waals surface area contributed by atoms with E-state index < -0.39 is 0 Å². The molecule has 2 aromatic rings. The molecule has 0 bridgehead atoms. The maximum atomic E-state index is 7.47. The lowest BCUT2D eigenvalue weighted by atomic mass is 10.1. The van der Waals surface area contributed by atoms with Gasteiger partial charge in [-0.25, -0.2) is 9.67 Å². The van der Waals surface area contributed by atoms with E-state index in [4.69, 9.17) is 11.1 Å². The molecule has 0 atom stereocenters.